The number of benzene rings is 2. The number of nitrogens with two attached hydrogens (primary N) is 2. The number of anilines is 2. The highest BCUT2D eigenvalue weighted by Gasteiger charge is 2.20. The summed E-state index contributed by atoms with van der Waals surface area (Å²) < 4.78 is 5.81. The lowest BCUT2D eigenvalue weighted by Crippen LogP contribution is -2.16. The number of hydrogen-bond acceptors (Lipinski definition) is 4. The smallest absolute Gasteiger partial charge is 0.119 e. The van der Waals surface area contributed by atoms with Crippen molar-refractivity contribution in [3.8, 4) is 5.75 Å². The molecule has 1 saturated carbocycles. The second-order valence-electron chi connectivity index (χ2n) is 6.37. The van der Waals surface area contributed by atoms with Gasteiger partial charge in [0.25, 0.3) is 0 Å². The first-order chi connectivity index (χ1) is 11.1. The van der Waals surface area contributed by atoms with Crippen molar-refractivity contribution >= 4 is 11.4 Å². The molecule has 0 saturated heterocycles. The standard InChI is InChI=1S/C19H24N2O2/c20-16-9-13(10-17(21)11-16)12-23-19-7-3-15(4-8-19)14-1-5-18(22)6-2-14/h3-4,7-11,14,18,22H,1-2,5-6,12,20-21H2. The van der Waals surface area contributed by atoms with Gasteiger partial charge < -0.3 is 21.3 Å². The zero-order valence-electron chi connectivity index (χ0n) is 13.2. The SMILES string of the molecule is Nc1cc(N)cc(COc2ccc(C3CCC(O)CC3)cc2)c1. The van der Waals surface area contributed by atoms with Crippen molar-refractivity contribution in [2.45, 2.75) is 44.3 Å². The number of rotatable bonds is 4. The Hall–Kier alpha value is -2.20. The van der Waals surface area contributed by atoms with Gasteiger partial charge in [0.15, 0.2) is 0 Å². The molecule has 0 bridgehead atoms. The number of nitrogen functional groups attached to an aromatic ring is 2. The summed E-state index contributed by atoms with van der Waals surface area (Å²) in [6, 6.07) is 13.8. The van der Waals surface area contributed by atoms with Crippen molar-refractivity contribution in [3.63, 3.8) is 0 Å². The van der Waals surface area contributed by atoms with E-state index in [0.717, 1.165) is 37.0 Å². The van der Waals surface area contributed by atoms with Gasteiger partial charge in [0.05, 0.1) is 6.10 Å². The monoisotopic (exact) mass is 312 g/mol. The maximum absolute atomic E-state index is 9.60. The molecule has 2 aromatic rings. The topological polar surface area (TPSA) is 81.5 Å². The van der Waals surface area contributed by atoms with Crippen molar-refractivity contribution in [2.75, 3.05) is 11.5 Å². The molecule has 2 aromatic carbocycles. The largest absolute Gasteiger partial charge is 0.489 e. The molecule has 0 amide bonds. The number of aliphatic hydroxyl groups excluding tert-OH is 1. The summed E-state index contributed by atoms with van der Waals surface area (Å²) >= 11 is 0. The Bertz CT molecular complexity index is 627. The van der Waals surface area contributed by atoms with Crippen LogP contribution in [0, 0.1) is 0 Å². The summed E-state index contributed by atoms with van der Waals surface area (Å²) in [5.74, 6) is 1.40. The van der Waals surface area contributed by atoms with Crippen LogP contribution in [0.1, 0.15) is 42.7 Å². The van der Waals surface area contributed by atoms with Crippen LogP contribution in [0.4, 0.5) is 11.4 Å². The van der Waals surface area contributed by atoms with Crippen LogP contribution in [0.5, 0.6) is 5.75 Å². The average molecular weight is 312 g/mol. The second kappa shape index (κ2) is 6.92. The first-order valence-electron chi connectivity index (χ1n) is 8.16. The van der Waals surface area contributed by atoms with Gasteiger partial charge in [-0.05, 0) is 73.1 Å². The van der Waals surface area contributed by atoms with E-state index in [1.54, 1.807) is 6.07 Å². The Balaban J connectivity index is 1.59. The number of hydrogen-bond donors (Lipinski definition) is 3. The molecule has 0 unspecified atom stereocenters. The molecule has 1 aliphatic carbocycles. The molecular weight excluding hydrogens is 288 g/mol. The van der Waals surface area contributed by atoms with Gasteiger partial charge in [0.1, 0.15) is 12.4 Å². The van der Waals surface area contributed by atoms with Crippen molar-refractivity contribution < 1.29 is 9.84 Å². The van der Waals surface area contributed by atoms with Crippen LogP contribution in [-0.2, 0) is 6.61 Å². The quantitative estimate of drug-likeness (QED) is 0.755. The van der Waals surface area contributed by atoms with Crippen LogP contribution in [-0.4, -0.2) is 11.2 Å². The third-order valence-corrected chi connectivity index (χ3v) is 4.49. The predicted molar refractivity (Wildman–Crippen MR) is 93.3 cm³/mol. The zero-order valence-corrected chi connectivity index (χ0v) is 13.2. The van der Waals surface area contributed by atoms with E-state index in [1.165, 1.54) is 5.56 Å². The number of ether oxygens (including phenoxy) is 1. The third-order valence-electron chi connectivity index (χ3n) is 4.49. The fourth-order valence-corrected chi connectivity index (χ4v) is 3.24. The van der Waals surface area contributed by atoms with Gasteiger partial charge in [-0.1, -0.05) is 12.1 Å². The maximum atomic E-state index is 9.60. The fourth-order valence-electron chi connectivity index (χ4n) is 3.24. The lowest BCUT2D eigenvalue weighted by Gasteiger charge is -2.25. The normalized spacial score (nSPS) is 21.1. The Morgan fingerprint density at radius 3 is 2.13 bits per heavy atom. The first kappa shape index (κ1) is 15.7. The zero-order chi connectivity index (χ0) is 16.2. The summed E-state index contributed by atoms with van der Waals surface area (Å²) in [6.07, 6.45) is 3.81. The summed E-state index contributed by atoms with van der Waals surface area (Å²) in [4.78, 5) is 0. The minimum Gasteiger partial charge on any atom is -0.489 e. The molecule has 0 aliphatic heterocycles. The van der Waals surface area contributed by atoms with E-state index in [9.17, 15) is 5.11 Å². The van der Waals surface area contributed by atoms with Crippen LogP contribution in [0.25, 0.3) is 0 Å². The van der Waals surface area contributed by atoms with E-state index >= 15 is 0 Å². The van der Waals surface area contributed by atoms with E-state index in [2.05, 4.69) is 12.1 Å². The molecule has 4 nitrogen and oxygen atoms in total. The van der Waals surface area contributed by atoms with Gasteiger partial charge in [-0.3, -0.25) is 0 Å². The molecule has 0 radical (unpaired) electrons. The van der Waals surface area contributed by atoms with Crippen LogP contribution in [0.2, 0.25) is 0 Å². The van der Waals surface area contributed by atoms with Crippen molar-refractivity contribution in [3.05, 3.63) is 53.6 Å². The Morgan fingerprint density at radius 2 is 1.52 bits per heavy atom. The van der Waals surface area contributed by atoms with Gasteiger partial charge in [-0.2, -0.15) is 0 Å². The Kier molecular flexibility index (Phi) is 4.72. The molecule has 23 heavy (non-hydrogen) atoms. The second-order valence-corrected chi connectivity index (χ2v) is 6.37. The molecular formula is C19H24N2O2. The van der Waals surface area contributed by atoms with E-state index in [4.69, 9.17) is 16.2 Å². The van der Waals surface area contributed by atoms with Crippen LogP contribution in [0.15, 0.2) is 42.5 Å². The molecule has 4 heteroatoms. The van der Waals surface area contributed by atoms with Crippen molar-refractivity contribution in [1.29, 1.82) is 0 Å². The molecule has 0 atom stereocenters. The molecule has 5 N–H and O–H groups in total. The fraction of sp³-hybridized carbons (Fsp3) is 0.368. The summed E-state index contributed by atoms with van der Waals surface area (Å²) in [5.41, 5.74) is 15.2. The Labute approximate surface area is 137 Å². The van der Waals surface area contributed by atoms with Crippen LogP contribution >= 0.6 is 0 Å². The highest BCUT2D eigenvalue weighted by Crippen LogP contribution is 2.33. The number of aliphatic hydroxyl groups is 1. The lowest BCUT2D eigenvalue weighted by atomic mass is 9.83. The van der Waals surface area contributed by atoms with Crippen molar-refractivity contribution in [1.82, 2.24) is 0 Å². The lowest BCUT2D eigenvalue weighted by molar-refractivity contribution is 0.122. The highest BCUT2D eigenvalue weighted by atomic mass is 16.5. The average Bonchev–Trinajstić information content (AvgIpc) is 2.53. The van der Waals surface area contributed by atoms with E-state index in [-0.39, 0.29) is 6.10 Å². The third kappa shape index (κ3) is 4.17. The van der Waals surface area contributed by atoms with Crippen LogP contribution in [0.3, 0.4) is 0 Å². The molecule has 0 spiro atoms. The highest BCUT2D eigenvalue weighted by molar-refractivity contribution is 5.54. The molecule has 1 fully saturated rings. The Morgan fingerprint density at radius 1 is 0.913 bits per heavy atom. The maximum Gasteiger partial charge on any atom is 0.119 e. The predicted octanol–water partition coefficient (Wildman–Crippen LogP) is 3.45. The molecule has 122 valence electrons. The minimum atomic E-state index is -0.111. The van der Waals surface area contributed by atoms with E-state index in [0.29, 0.717) is 23.9 Å². The van der Waals surface area contributed by atoms with Gasteiger partial charge in [0, 0.05) is 11.4 Å². The van der Waals surface area contributed by atoms with E-state index < -0.39 is 0 Å². The van der Waals surface area contributed by atoms with Gasteiger partial charge in [-0.25, -0.2) is 0 Å². The van der Waals surface area contributed by atoms with Gasteiger partial charge in [0.2, 0.25) is 0 Å². The molecule has 3 rings (SSSR count). The summed E-state index contributed by atoms with van der Waals surface area (Å²) in [7, 11) is 0. The van der Waals surface area contributed by atoms with Crippen molar-refractivity contribution in [2.24, 2.45) is 0 Å². The molecule has 0 aromatic heterocycles. The minimum absolute atomic E-state index is 0.111. The molecule has 1 aliphatic rings. The molecule has 0 heterocycles. The van der Waals surface area contributed by atoms with Gasteiger partial charge in [-0.15, -0.1) is 0 Å². The van der Waals surface area contributed by atoms with E-state index in [1.807, 2.05) is 24.3 Å². The summed E-state index contributed by atoms with van der Waals surface area (Å²) in [6.45, 7) is 0.449. The summed E-state index contributed by atoms with van der Waals surface area (Å²) in [5, 5.41) is 9.60. The van der Waals surface area contributed by atoms with Gasteiger partial charge >= 0.3 is 0 Å². The van der Waals surface area contributed by atoms with Crippen LogP contribution < -0.4 is 16.2 Å². The first-order valence-corrected chi connectivity index (χ1v) is 8.16.